The number of aliphatic hydroxyl groups excluding tert-OH is 1. The van der Waals surface area contributed by atoms with Gasteiger partial charge in [0.05, 0.1) is 25.6 Å². The van der Waals surface area contributed by atoms with Crippen molar-refractivity contribution in [1.29, 1.82) is 0 Å². The highest BCUT2D eigenvalue weighted by molar-refractivity contribution is 5.33. The molecule has 1 aromatic rings. The van der Waals surface area contributed by atoms with Gasteiger partial charge in [0.15, 0.2) is 5.75 Å². The van der Waals surface area contributed by atoms with E-state index in [-0.39, 0.29) is 11.5 Å². The molecule has 6 nitrogen and oxygen atoms in total. The van der Waals surface area contributed by atoms with E-state index in [1.807, 2.05) is 0 Å². The summed E-state index contributed by atoms with van der Waals surface area (Å²) in [6.45, 7) is 3.69. The highest BCUT2D eigenvalue weighted by Crippen LogP contribution is 2.39. The van der Waals surface area contributed by atoms with Crippen molar-refractivity contribution in [2.45, 2.75) is 25.4 Å². The van der Waals surface area contributed by atoms with E-state index in [0.29, 0.717) is 5.75 Å². The normalized spacial score (nSPS) is 30.6. The number of anilines is 1. The lowest BCUT2D eigenvalue weighted by Gasteiger charge is -2.50. The van der Waals surface area contributed by atoms with Gasteiger partial charge in [0.1, 0.15) is 0 Å². The fourth-order valence-electron chi connectivity index (χ4n) is 3.68. The Balaban J connectivity index is 1.78. The fourth-order valence-corrected chi connectivity index (χ4v) is 3.68. The van der Waals surface area contributed by atoms with Crippen molar-refractivity contribution in [3.05, 3.63) is 12.4 Å². The number of likely N-dealkylation sites (tertiary alicyclic amines) is 1. The standard InChI is InChI=1S/C15H24N4O2/c1-18-7-4-13(20)15(10-18)5-3-6-19(11-15)14-16-8-12(21-2)9-17-14/h8-9,13,20H,3-7,10-11H2,1-2H3/t13-,15-/m0/s1. The van der Waals surface area contributed by atoms with Crippen LogP contribution in [0.2, 0.25) is 0 Å². The Bertz CT molecular complexity index is 481. The predicted molar refractivity (Wildman–Crippen MR) is 80.6 cm³/mol. The lowest BCUT2D eigenvalue weighted by molar-refractivity contribution is -0.0467. The second-order valence-electron chi connectivity index (χ2n) is 6.35. The molecule has 0 aromatic carbocycles. The van der Waals surface area contributed by atoms with Gasteiger partial charge in [-0.3, -0.25) is 0 Å². The van der Waals surface area contributed by atoms with Crippen molar-refractivity contribution in [3.8, 4) is 5.75 Å². The molecule has 1 aromatic heterocycles. The molecule has 3 heterocycles. The van der Waals surface area contributed by atoms with Crippen molar-refractivity contribution in [1.82, 2.24) is 14.9 Å². The SMILES string of the molecule is COc1cnc(N2CCC[C@]3(CN(C)CC[C@@H]3O)C2)nc1. The van der Waals surface area contributed by atoms with E-state index in [1.54, 1.807) is 19.5 Å². The van der Waals surface area contributed by atoms with Gasteiger partial charge in [0.25, 0.3) is 0 Å². The number of nitrogens with zero attached hydrogens (tertiary/aromatic N) is 4. The minimum Gasteiger partial charge on any atom is -0.494 e. The number of ether oxygens (including phenoxy) is 1. The summed E-state index contributed by atoms with van der Waals surface area (Å²) in [4.78, 5) is 13.3. The molecule has 116 valence electrons. The smallest absolute Gasteiger partial charge is 0.225 e. The number of aliphatic hydroxyl groups is 1. The highest BCUT2D eigenvalue weighted by atomic mass is 16.5. The van der Waals surface area contributed by atoms with Crippen LogP contribution < -0.4 is 9.64 Å². The molecule has 21 heavy (non-hydrogen) atoms. The third kappa shape index (κ3) is 2.82. The van der Waals surface area contributed by atoms with Crippen LogP contribution in [-0.4, -0.2) is 66.4 Å². The average Bonchev–Trinajstić information content (AvgIpc) is 2.52. The maximum absolute atomic E-state index is 10.5. The summed E-state index contributed by atoms with van der Waals surface area (Å²) in [5.74, 6) is 1.40. The molecule has 2 aliphatic heterocycles. The Morgan fingerprint density at radius 1 is 1.29 bits per heavy atom. The van der Waals surface area contributed by atoms with Crippen molar-refractivity contribution >= 4 is 5.95 Å². The topological polar surface area (TPSA) is 61.7 Å². The van der Waals surface area contributed by atoms with Crippen LogP contribution in [0.25, 0.3) is 0 Å². The lowest BCUT2D eigenvalue weighted by atomic mass is 9.72. The Morgan fingerprint density at radius 3 is 2.76 bits per heavy atom. The Morgan fingerprint density at radius 2 is 2.05 bits per heavy atom. The number of piperidine rings is 2. The molecule has 6 heteroatoms. The average molecular weight is 292 g/mol. The molecule has 0 radical (unpaired) electrons. The zero-order valence-electron chi connectivity index (χ0n) is 12.8. The molecular formula is C15H24N4O2. The lowest BCUT2D eigenvalue weighted by Crippen LogP contribution is -2.58. The van der Waals surface area contributed by atoms with E-state index in [4.69, 9.17) is 4.74 Å². The number of hydrogen-bond donors (Lipinski definition) is 1. The van der Waals surface area contributed by atoms with Crippen LogP contribution in [0.3, 0.4) is 0 Å². The van der Waals surface area contributed by atoms with Crippen molar-refractivity contribution in [3.63, 3.8) is 0 Å². The monoisotopic (exact) mass is 292 g/mol. The van der Waals surface area contributed by atoms with E-state index in [2.05, 4.69) is 26.8 Å². The molecule has 1 spiro atoms. The predicted octanol–water partition coefficient (Wildman–Crippen LogP) is 0.768. The van der Waals surface area contributed by atoms with Gasteiger partial charge in [-0.1, -0.05) is 0 Å². The van der Waals surface area contributed by atoms with Crippen molar-refractivity contribution in [2.75, 3.05) is 45.2 Å². The molecule has 0 unspecified atom stereocenters. The molecule has 0 saturated carbocycles. The summed E-state index contributed by atoms with van der Waals surface area (Å²) in [5, 5.41) is 10.5. The maximum atomic E-state index is 10.5. The van der Waals surface area contributed by atoms with E-state index < -0.39 is 0 Å². The molecule has 2 saturated heterocycles. The number of methoxy groups -OCH3 is 1. The van der Waals surface area contributed by atoms with Crippen LogP contribution in [0.5, 0.6) is 5.75 Å². The molecule has 1 N–H and O–H groups in total. The van der Waals surface area contributed by atoms with Gasteiger partial charge in [0, 0.05) is 31.6 Å². The van der Waals surface area contributed by atoms with Crippen molar-refractivity contribution < 1.29 is 9.84 Å². The summed E-state index contributed by atoms with van der Waals surface area (Å²) in [7, 11) is 3.75. The van der Waals surface area contributed by atoms with Gasteiger partial charge in [-0.05, 0) is 26.3 Å². The molecule has 3 rings (SSSR count). The van der Waals surface area contributed by atoms with E-state index >= 15 is 0 Å². The fraction of sp³-hybridized carbons (Fsp3) is 0.733. The largest absolute Gasteiger partial charge is 0.494 e. The van der Waals surface area contributed by atoms with E-state index in [0.717, 1.165) is 51.4 Å². The third-order valence-electron chi connectivity index (χ3n) is 4.82. The molecule has 2 atom stereocenters. The maximum Gasteiger partial charge on any atom is 0.225 e. The number of rotatable bonds is 2. The summed E-state index contributed by atoms with van der Waals surface area (Å²) < 4.78 is 5.11. The van der Waals surface area contributed by atoms with Gasteiger partial charge in [-0.2, -0.15) is 0 Å². The Hall–Kier alpha value is -1.40. The first kappa shape index (κ1) is 14.5. The second-order valence-corrected chi connectivity index (χ2v) is 6.35. The van der Waals surface area contributed by atoms with Crippen LogP contribution in [-0.2, 0) is 0 Å². The second kappa shape index (κ2) is 5.77. The van der Waals surface area contributed by atoms with Crippen LogP contribution >= 0.6 is 0 Å². The van der Waals surface area contributed by atoms with Crippen LogP contribution in [0.1, 0.15) is 19.3 Å². The first-order chi connectivity index (χ1) is 10.1. The van der Waals surface area contributed by atoms with E-state index in [9.17, 15) is 5.11 Å². The summed E-state index contributed by atoms with van der Waals surface area (Å²) in [6.07, 6.45) is 6.18. The summed E-state index contributed by atoms with van der Waals surface area (Å²) in [5.41, 5.74) is -0.0471. The Labute approximate surface area is 125 Å². The first-order valence-electron chi connectivity index (χ1n) is 7.60. The minimum atomic E-state index is -0.227. The van der Waals surface area contributed by atoms with Gasteiger partial charge in [0.2, 0.25) is 5.95 Å². The third-order valence-corrected chi connectivity index (χ3v) is 4.82. The molecular weight excluding hydrogens is 268 g/mol. The first-order valence-corrected chi connectivity index (χ1v) is 7.60. The van der Waals surface area contributed by atoms with Gasteiger partial charge in [-0.15, -0.1) is 0 Å². The van der Waals surface area contributed by atoms with Crippen LogP contribution in [0, 0.1) is 5.41 Å². The van der Waals surface area contributed by atoms with Crippen LogP contribution in [0.15, 0.2) is 12.4 Å². The molecule has 0 amide bonds. The molecule has 2 fully saturated rings. The summed E-state index contributed by atoms with van der Waals surface area (Å²) >= 11 is 0. The van der Waals surface area contributed by atoms with Crippen molar-refractivity contribution in [2.24, 2.45) is 5.41 Å². The molecule has 0 aliphatic carbocycles. The Kier molecular flexibility index (Phi) is 3.99. The van der Waals surface area contributed by atoms with Gasteiger partial charge < -0.3 is 19.6 Å². The summed E-state index contributed by atoms with van der Waals surface area (Å²) in [6, 6.07) is 0. The zero-order valence-corrected chi connectivity index (χ0v) is 12.8. The van der Waals surface area contributed by atoms with E-state index in [1.165, 1.54) is 0 Å². The molecule has 2 aliphatic rings. The highest BCUT2D eigenvalue weighted by Gasteiger charge is 2.45. The number of hydrogen-bond acceptors (Lipinski definition) is 6. The van der Waals surface area contributed by atoms with Gasteiger partial charge >= 0.3 is 0 Å². The van der Waals surface area contributed by atoms with Crippen LogP contribution in [0.4, 0.5) is 5.95 Å². The zero-order chi connectivity index (χ0) is 14.9. The quantitative estimate of drug-likeness (QED) is 0.869. The number of aromatic nitrogens is 2. The molecule has 0 bridgehead atoms. The van der Waals surface area contributed by atoms with Gasteiger partial charge in [-0.25, -0.2) is 9.97 Å². The minimum absolute atomic E-state index is 0.0471.